The number of nitrogens with zero attached hydrogens (tertiary/aromatic N) is 4. The van der Waals surface area contributed by atoms with Crippen LogP contribution in [-0.2, 0) is 17.9 Å². The summed E-state index contributed by atoms with van der Waals surface area (Å²) < 4.78 is 27.8. The number of rotatable bonds is 8. The second-order valence-corrected chi connectivity index (χ2v) is 10.8. The smallest absolute Gasteiger partial charge is 0.335 e. The van der Waals surface area contributed by atoms with Gasteiger partial charge >= 0.3 is 5.97 Å². The summed E-state index contributed by atoms with van der Waals surface area (Å²) in [5, 5.41) is 9.86. The number of carboxylic acid groups (broad SMARTS) is 1. The van der Waals surface area contributed by atoms with Crippen molar-refractivity contribution in [1.29, 1.82) is 0 Å². The lowest BCUT2D eigenvalue weighted by Crippen LogP contribution is -2.34. The molecule has 2 aromatic heterocycles. The first-order valence-corrected chi connectivity index (χ1v) is 13.9. The lowest BCUT2D eigenvalue weighted by Gasteiger charge is -2.32. The molecule has 0 bridgehead atoms. The third-order valence-corrected chi connectivity index (χ3v) is 8.02. The maximum absolute atomic E-state index is 14.1. The van der Waals surface area contributed by atoms with Crippen molar-refractivity contribution < 1.29 is 23.8 Å². The molecule has 0 radical (unpaired) electrons. The third kappa shape index (κ3) is 5.68. The van der Waals surface area contributed by atoms with Crippen LogP contribution in [0.3, 0.4) is 0 Å². The van der Waals surface area contributed by atoms with Crippen LogP contribution in [0, 0.1) is 5.82 Å². The number of carboxylic acids is 1. The van der Waals surface area contributed by atoms with Gasteiger partial charge in [-0.1, -0.05) is 23.7 Å². The molecule has 0 unspecified atom stereocenters. The van der Waals surface area contributed by atoms with Gasteiger partial charge in [-0.05, 0) is 68.8 Å². The van der Waals surface area contributed by atoms with E-state index in [1.165, 1.54) is 6.07 Å². The summed E-state index contributed by atoms with van der Waals surface area (Å²) in [6.45, 7) is 3.84. The Morgan fingerprint density at radius 3 is 2.70 bits per heavy atom. The number of aromatic nitrogens is 3. The molecule has 2 aliphatic heterocycles. The molecule has 1 N–H and O–H groups in total. The summed E-state index contributed by atoms with van der Waals surface area (Å²) in [7, 11) is 0. The van der Waals surface area contributed by atoms with E-state index in [4.69, 9.17) is 31.0 Å². The van der Waals surface area contributed by atoms with E-state index in [1.807, 2.05) is 12.1 Å². The molecule has 0 amide bonds. The number of piperidine rings is 1. The SMILES string of the molecule is O=C(O)c1ccc2nc(CN3CCC(c4cccc(OCc5ccc(Cl)cc5F)n4)CC3)n([C@@H]3CCOC3)c2c1. The zero-order chi connectivity index (χ0) is 27.6. The van der Waals surface area contributed by atoms with Gasteiger partial charge in [0.1, 0.15) is 18.2 Å². The summed E-state index contributed by atoms with van der Waals surface area (Å²) in [6, 6.07) is 15.6. The van der Waals surface area contributed by atoms with E-state index in [0.717, 1.165) is 54.9 Å². The number of benzene rings is 2. The number of pyridine rings is 1. The van der Waals surface area contributed by atoms with Crippen molar-refractivity contribution in [2.24, 2.45) is 0 Å². The van der Waals surface area contributed by atoms with Crippen LogP contribution in [0.15, 0.2) is 54.6 Å². The van der Waals surface area contributed by atoms with Crippen molar-refractivity contribution in [2.45, 2.75) is 44.4 Å². The molecule has 1 atom stereocenters. The standard InChI is InChI=1S/C30H30ClFN4O4/c31-22-6-4-21(24(32)15-22)17-40-29-3-1-2-25(34-29)19-8-11-35(12-9-19)16-28-33-26-7-5-20(30(37)38)14-27(26)36(28)23-10-13-39-18-23/h1-7,14-15,19,23H,8-13,16-18H2,(H,37,38)/t23-/m1/s1. The van der Waals surface area contributed by atoms with Gasteiger partial charge in [0.2, 0.25) is 5.88 Å². The number of likely N-dealkylation sites (tertiary alicyclic amines) is 1. The maximum atomic E-state index is 14.1. The normalized spacial score (nSPS) is 18.4. The fraction of sp³-hybridized carbons (Fsp3) is 0.367. The monoisotopic (exact) mass is 564 g/mol. The predicted octanol–water partition coefficient (Wildman–Crippen LogP) is 5.84. The average Bonchev–Trinajstić information content (AvgIpc) is 3.60. The Hall–Kier alpha value is -3.53. The lowest BCUT2D eigenvalue weighted by molar-refractivity contribution is 0.0697. The molecule has 2 saturated heterocycles. The summed E-state index contributed by atoms with van der Waals surface area (Å²) in [4.78, 5) is 23.6. The van der Waals surface area contributed by atoms with Gasteiger partial charge in [0.05, 0.1) is 35.8 Å². The number of imidazole rings is 1. The van der Waals surface area contributed by atoms with E-state index in [-0.39, 0.29) is 18.2 Å². The van der Waals surface area contributed by atoms with Gasteiger partial charge in [-0.15, -0.1) is 0 Å². The number of hydrogen-bond donors (Lipinski definition) is 1. The Labute approximate surface area is 236 Å². The molecule has 10 heteroatoms. The molecular weight excluding hydrogens is 535 g/mol. The third-order valence-electron chi connectivity index (χ3n) is 7.79. The van der Waals surface area contributed by atoms with Gasteiger partial charge in [0.25, 0.3) is 0 Å². The zero-order valence-electron chi connectivity index (χ0n) is 21.9. The van der Waals surface area contributed by atoms with Crippen LogP contribution in [0.2, 0.25) is 5.02 Å². The number of halogens is 2. The summed E-state index contributed by atoms with van der Waals surface area (Å²) in [6.07, 6.45) is 2.77. The molecule has 0 saturated carbocycles. The van der Waals surface area contributed by atoms with Crippen LogP contribution in [0.4, 0.5) is 4.39 Å². The number of carbonyl (C=O) groups is 1. The fourth-order valence-corrected chi connectivity index (χ4v) is 5.80. The summed E-state index contributed by atoms with van der Waals surface area (Å²) >= 11 is 5.84. The largest absolute Gasteiger partial charge is 0.478 e. The number of hydrogen-bond acceptors (Lipinski definition) is 6. The average molecular weight is 565 g/mol. The number of aromatic carboxylic acids is 1. The van der Waals surface area contributed by atoms with Gasteiger partial charge < -0.3 is 19.1 Å². The van der Waals surface area contributed by atoms with Crippen LogP contribution in [-0.4, -0.2) is 56.8 Å². The first kappa shape index (κ1) is 26.7. The van der Waals surface area contributed by atoms with Crippen LogP contribution >= 0.6 is 11.6 Å². The second-order valence-electron chi connectivity index (χ2n) is 10.4. The van der Waals surface area contributed by atoms with Crippen molar-refractivity contribution >= 4 is 28.6 Å². The first-order chi connectivity index (χ1) is 19.4. The van der Waals surface area contributed by atoms with E-state index in [9.17, 15) is 14.3 Å². The Bertz CT molecular complexity index is 1530. The lowest BCUT2D eigenvalue weighted by atomic mass is 9.93. The van der Waals surface area contributed by atoms with Crippen molar-refractivity contribution in [3.05, 3.63) is 88.1 Å². The van der Waals surface area contributed by atoms with Gasteiger partial charge in [0.15, 0.2) is 0 Å². The highest BCUT2D eigenvalue weighted by atomic mass is 35.5. The van der Waals surface area contributed by atoms with Crippen molar-refractivity contribution in [3.63, 3.8) is 0 Å². The highest BCUT2D eigenvalue weighted by molar-refractivity contribution is 6.30. The molecule has 2 aliphatic rings. The Balaban J connectivity index is 1.12. The Morgan fingerprint density at radius 2 is 1.95 bits per heavy atom. The minimum Gasteiger partial charge on any atom is -0.478 e. The molecule has 8 nitrogen and oxygen atoms in total. The molecule has 2 fully saturated rings. The summed E-state index contributed by atoms with van der Waals surface area (Å²) in [5.74, 6) is 0.373. The molecular formula is C30H30ClFN4O4. The van der Waals surface area contributed by atoms with Gasteiger partial charge in [-0.3, -0.25) is 4.90 Å². The minimum absolute atomic E-state index is 0.0822. The molecule has 208 valence electrons. The molecule has 2 aromatic carbocycles. The van der Waals surface area contributed by atoms with Crippen molar-refractivity contribution in [2.75, 3.05) is 26.3 Å². The van der Waals surface area contributed by atoms with Crippen molar-refractivity contribution in [3.8, 4) is 5.88 Å². The molecule has 0 aliphatic carbocycles. The number of ether oxygens (including phenoxy) is 2. The fourth-order valence-electron chi connectivity index (χ4n) is 5.64. The number of fused-ring (bicyclic) bond motifs is 1. The van der Waals surface area contributed by atoms with E-state index in [2.05, 4.69) is 9.47 Å². The molecule has 40 heavy (non-hydrogen) atoms. The van der Waals surface area contributed by atoms with E-state index >= 15 is 0 Å². The highest BCUT2D eigenvalue weighted by Gasteiger charge is 2.27. The maximum Gasteiger partial charge on any atom is 0.335 e. The Morgan fingerprint density at radius 1 is 1.10 bits per heavy atom. The quantitative estimate of drug-likeness (QED) is 0.287. The molecule has 4 aromatic rings. The van der Waals surface area contributed by atoms with Crippen molar-refractivity contribution in [1.82, 2.24) is 19.4 Å². The second kappa shape index (κ2) is 11.5. The minimum atomic E-state index is -0.943. The van der Waals surface area contributed by atoms with Gasteiger partial charge in [0, 0.05) is 34.9 Å². The first-order valence-electron chi connectivity index (χ1n) is 13.5. The van der Waals surface area contributed by atoms with Crippen LogP contribution in [0.25, 0.3) is 11.0 Å². The van der Waals surface area contributed by atoms with E-state index in [1.54, 1.807) is 36.4 Å². The van der Waals surface area contributed by atoms with Gasteiger partial charge in [-0.25, -0.2) is 19.2 Å². The molecule has 6 rings (SSSR count). The summed E-state index contributed by atoms with van der Waals surface area (Å²) in [5.41, 5.74) is 3.32. The van der Waals surface area contributed by atoms with Gasteiger partial charge in [-0.2, -0.15) is 0 Å². The highest BCUT2D eigenvalue weighted by Crippen LogP contribution is 2.32. The van der Waals surface area contributed by atoms with Crippen LogP contribution < -0.4 is 4.74 Å². The molecule has 0 spiro atoms. The van der Waals surface area contributed by atoms with Crippen LogP contribution in [0.5, 0.6) is 5.88 Å². The zero-order valence-corrected chi connectivity index (χ0v) is 22.7. The van der Waals surface area contributed by atoms with E-state index < -0.39 is 11.8 Å². The predicted molar refractivity (Wildman–Crippen MR) is 148 cm³/mol. The van der Waals surface area contributed by atoms with E-state index in [0.29, 0.717) is 42.1 Å². The topological polar surface area (TPSA) is 89.7 Å². The Kier molecular flexibility index (Phi) is 7.69. The molecule has 4 heterocycles. The van der Waals surface area contributed by atoms with Crippen LogP contribution in [0.1, 0.15) is 58.7 Å².